The molecule has 7 heteroatoms. The second-order valence-corrected chi connectivity index (χ2v) is 8.70. The topological polar surface area (TPSA) is 81.2 Å². The van der Waals surface area contributed by atoms with Crippen molar-refractivity contribution >= 4 is 11.0 Å². The molecule has 1 unspecified atom stereocenters. The molecule has 0 fully saturated rings. The van der Waals surface area contributed by atoms with Gasteiger partial charge in [-0.15, -0.1) is 0 Å². The lowest BCUT2D eigenvalue weighted by Crippen LogP contribution is -2.04. The monoisotopic (exact) mass is 478 g/mol. The molecule has 0 aliphatic heterocycles. The molecule has 1 aliphatic rings. The minimum Gasteiger partial charge on any atom is -0.498 e. The lowest BCUT2D eigenvalue weighted by molar-refractivity contribution is 0.192. The summed E-state index contributed by atoms with van der Waals surface area (Å²) in [6, 6.07) is 4.16. The van der Waals surface area contributed by atoms with Gasteiger partial charge in [0.1, 0.15) is 5.75 Å². The molecular weight excluding hydrogens is 440 g/mol. The Morgan fingerprint density at radius 1 is 1.20 bits per heavy atom. The molecule has 3 rings (SSSR count). The molecule has 1 aromatic carbocycles. The molecule has 0 saturated carbocycles. The van der Waals surface area contributed by atoms with E-state index in [-0.39, 0.29) is 0 Å². The van der Waals surface area contributed by atoms with Crippen LogP contribution in [0.25, 0.3) is 11.0 Å². The first kappa shape index (κ1) is 26.3. The highest BCUT2D eigenvalue weighted by Gasteiger charge is 2.19. The van der Waals surface area contributed by atoms with Gasteiger partial charge in [0.15, 0.2) is 5.58 Å². The first-order valence-electron chi connectivity index (χ1n) is 12.6. The second-order valence-electron chi connectivity index (χ2n) is 8.70. The van der Waals surface area contributed by atoms with Crippen molar-refractivity contribution in [1.29, 1.82) is 0 Å². The molecular formula is C28H38N4O3. The molecule has 1 aliphatic carbocycles. The van der Waals surface area contributed by atoms with Crippen LogP contribution in [0.2, 0.25) is 0 Å². The van der Waals surface area contributed by atoms with Crippen LogP contribution in [0.4, 0.5) is 0 Å². The van der Waals surface area contributed by atoms with Crippen molar-refractivity contribution in [3.63, 3.8) is 0 Å². The molecule has 188 valence electrons. The van der Waals surface area contributed by atoms with Gasteiger partial charge in [0, 0.05) is 23.3 Å². The number of hydrogen-bond acceptors (Lipinski definition) is 6. The summed E-state index contributed by atoms with van der Waals surface area (Å²) in [5, 5.41) is 12.9. The van der Waals surface area contributed by atoms with Gasteiger partial charge >= 0.3 is 0 Å². The number of fused-ring (bicyclic) bond motifs is 1. The Balaban J connectivity index is 1.49. The maximum atomic E-state index is 6.17. The molecule has 0 radical (unpaired) electrons. The SMILES string of the molecule is C=C(NN=NC)C1=CC=C(OCCCCOc2ccc3c(C(C)CC)noc3c2CCC)CC=C1. The molecule has 0 amide bonds. The summed E-state index contributed by atoms with van der Waals surface area (Å²) in [5.74, 6) is 2.21. The molecule has 1 N–H and O–H groups in total. The van der Waals surface area contributed by atoms with Crippen LogP contribution in [-0.4, -0.2) is 25.4 Å². The number of nitrogens with zero attached hydrogens (tertiary/aromatic N) is 3. The molecule has 0 bridgehead atoms. The van der Waals surface area contributed by atoms with Gasteiger partial charge in [-0.1, -0.05) is 56.3 Å². The standard InChI is InChI=1S/C28H38N4O3/c1-6-11-24-26(17-16-25-27(20(3)7-2)31-35-28(24)25)34-19-9-8-18-33-23-13-10-12-22(14-15-23)21(4)30-32-29-5/h10,12,14-17,20H,4,6-9,11,13,18-19H2,1-3,5H3,(H,29,30). The average molecular weight is 479 g/mol. The zero-order valence-corrected chi connectivity index (χ0v) is 21.5. The minimum atomic E-state index is 0.377. The second kappa shape index (κ2) is 13.5. The quantitative estimate of drug-likeness (QED) is 0.174. The summed E-state index contributed by atoms with van der Waals surface area (Å²) >= 11 is 0. The van der Waals surface area contributed by atoms with Crippen LogP contribution in [0.5, 0.6) is 5.75 Å². The first-order chi connectivity index (χ1) is 17.1. The minimum absolute atomic E-state index is 0.377. The van der Waals surface area contributed by atoms with Crippen LogP contribution in [0.3, 0.4) is 0 Å². The van der Waals surface area contributed by atoms with Crippen molar-refractivity contribution in [1.82, 2.24) is 10.6 Å². The number of aryl methyl sites for hydroxylation is 1. The van der Waals surface area contributed by atoms with Gasteiger partial charge in [0.05, 0.1) is 37.4 Å². The summed E-state index contributed by atoms with van der Waals surface area (Å²) in [4.78, 5) is 0. The number of rotatable bonds is 14. The van der Waals surface area contributed by atoms with Crippen LogP contribution in [-0.2, 0) is 11.2 Å². The lowest BCUT2D eigenvalue weighted by Gasteiger charge is -2.12. The number of hydrogen-bond donors (Lipinski definition) is 1. The lowest BCUT2D eigenvalue weighted by atomic mass is 9.98. The Bertz CT molecular complexity index is 1110. The predicted molar refractivity (Wildman–Crippen MR) is 140 cm³/mol. The first-order valence-corrected chi connectivity index (χ1v) is 12.6. The van der Waals surface area contributed by atoms with Crippen molar-refractivity contribution in [2.24, 2.45) is 10.3 Å². The third-order valence-electron chi connectivity index (χ3n) is 6.09. The van der Waals surface area contributed by atoms with Crippen LogP contribution >= 0.6 is 0 Å². The molecule has 1 heterocycles. The van der Waals surface area contributed by atoms with Gasteiger partial charge in [-0.3, -0.25) is 5.43 Å². The number of ether oxygens (including phenoxy) is 2. The van der Waals surface area contributed by atoms with Gasteiger partial charge in [-0.05, 0) is 55.5 Å². The predicted octanol–water partition coefficient (Wildman–Crippen LogP) is 7.34. The van der Waals surface area contributed by atoms with Crippen LogP contribution in [0.15, 0.2) is 74.9 Å². The van der Waals surface area contributed by atoms with Crippen LogP contribution in [0, 0.1) is 0 Å². The summed E-state index contributed by atoms with van der Waals surface area (Å²) in [6.07, 6.45) is 13.6. The molecule has 0 saturated heterocycles. The molecule has 7 nitrogen and oxygen atoms in total. The zero-order chi connectivity index (χ0) is 25.0. The van der Waals surface area contributed by atoms with Gasteiger partial charge in [-0.25, -0.2) is 0 Å². The fourth-order valence-electron chi connectivity index (χ4n) is 3.91. The van der Waals surface area contributed by atoms with Crippen molar-refractivity contribution in [2.45, 2.75) is 65.2 Å². The van der Waals surface area contributed by atoms with E-state index in [0.717, 1.165) is 77.8 Å². The van der Waals surface area contributed by atoms with E-state index in [0.29, 0.717) is 24.8 Å². The van der Waals surface area contributed by atoms with Gasteiger partial charge in [-0.2, -0.15) is 5.11 Å². The molecule has 2 aromatic rings. The smallest absolute Gasteiger partial charge is 0.174 e. The summed E-state index contributed by atoms with van der Waals surface area (Å²) in [6.45, 7) is 11.8. The van der Waals surface area contributed by atoms with Crippen LogP contribution in [0.1, 0.15) is 70.1 Å². The molecule has 35 heavy (non-hydrogen) atoms. The highest BCUT2D eigenvalue weighted by Crippen LogP contribution is 2.34. The number of benzene rings is 1. The van der Waals surface area contributed by atoms with E-state index in [1.165, 1.54) is 0 Å². The number of nitrogens with one attached hydrogen (secondary N) is 1. The fraction of sp³-hybridized carbons (Fsp3) is 0.464. The Labute approximate surface area is 208 Å². The van der Waals surface area contributed by atoms with E-state index >= 15 is 0 Å². The van der Waals surface area contributed by atoms with E-state index < -0.39 is 0 Å². The summed E-state index contributed by atoms with van der Waals surface area (Å²) < 4.78 is 17.9. The Morgan fingerprint density at radius 2 is 2.00 bits per heavy atom. The molecule has 1 aromatic heterocycles. The van der Waals surface area contributed by atoms with Crippen molar-refractivity contribution in [2.75, 3.05) is 20.3 Å². The zero-order valence-electron chi connectivity index (χ0n) is 21.5. The normalized spacial score (nSPS) is 14.5. The van der Waals surface area contributed by atoms with Gasteiger partial charge < -0.3 is 14.0 Å². The highest BCUT2D eigenvalue weighted by molar-refractivity contribution is 5.85. The summed E-state index contributed by atoms with van der Waals surface area (Å²) in [5.41, 5.74) is 7.49. The Morgan fingerprint density at radius 3 is 2.74 bits per heavy atom. The number of aromatic nitrogens is 1. The average Bonchev–Trinajstić information content (AvgIpc) is 3.16. The third-order valence-corrected chi connectivity index (χ3v) is 6.09. The van der Waals surface area contributed by atoms with Crippen molar-refractivity contribution in [3.8, 4) is 5.75 Å². The third kappa shape index (κ3) is 7.07. The maximum absolute atomic E-state index is 6.17. The van der Waals surface area contributed by atoms with E-state index in [4.69, 9.17) is 14.0 Å². The Kier molecular flexibility index (Phi) is 10.1. The maximum Gasteiger partial charge on any atom is 0.174 e. The highest BCUT2D eigenvalue weighted by atomic mass is 16.5. The molecule has 0 spiro atoms. The molecule has 1 atom stereocenters. The van der Waals surface area contributed by atoms with Gasteiger partial charge in [0.2, 0.25) is 0 Å². The fourth-order valence-corrected chi connectivity index (χ4v) is 3.91. The van der Waals surface area contributed by atoms with E-state index in [1.807, 2.05) is 18.2 Å². The summed E-state index contributed by atoms with van der Waals surface area (Å²) in [7, 11) is 1.61. The number of unbranched alkanes of at least 4 members (excludes halogenated alkanes) is 1. The van der Waals surface area contributed by atoms with Gasteiger partial charge in [0.25, 0.3) is 0 Å². The Hall–Kier alpha value is -3.35. The van der Waals surface area contributed by atoms with E-state index in [1.54, 1.807) is 7.05 Å². The van der Waals surface area contributed by atoms with E-state index in [2.05, 4.69) is 66.5 Å². The van der Waals surface area contributed by atoms with Crippen molar-refractivity contribution < 1.29 is 14.0 Å². The largest absolute Gasteiger partial charge is 0.498 e. The number of allylic oxidation sites excluding steroid dienone is 4. The van der Waals surface area contributed by atoms with Crippen LogP contribution < -0.4 is 10.2 Å². The van der Waals surface area contributed by atoms with Crippen molar-refractivity contribution in [3.05, 3.63) is 71.3 Å². The van der Waals surface area contributed by atoms with E-state index in [9.17, 15) is 0 Å².